The number of carbonyl (C=O) groups excluding carboxylic acids is 3. The number of pyridine rings is 1. The minimum absolute atomic E-state index is 0.160. The maximum absolute atomic E-state index is 12.9. The predicted molar refractivity (Wildman–Crippen MR) is 121 cm³/mol. The van der Waals surface area contributed by atoms with E-state index in [-0.39, 0.29) is 12.5 Å². The molecule has 2 saturated heterocycles. The summed E-state index contributed by atoms with van der Waals surface area (Å²) in [5.41, 5.74) is 3.89. The Hall–Kier alpha value is -2.87. The van der Waals surface area contributed by atoms with Crippen LogP contribution in [0.25, 0.3) is 11.9 Å². The van der Waals surface area contributed by atoms with Crippen LogP contribution in [0.1, 0.15) is 41.8 Å². The molecule has 4 heterocycles. The Balaban J connectivity index is 1.56. The van der Waals surface area contributed by atoms with E-state index in [1.54, 1.807) is 17.2 Å². The molecule has 2 aliphatic heterocycles. The van der Waals surface area contributed by atoms with Crippen LogP contribution < -0.4 is 0 Å². The van der Waals surface area contributed by atoms with E-state index < -0.39 is 11.1 Å². The number of aromatic nitrogens is 2. The Morgan fingerprint density at radius 3 is 2.58 bits per heavy atom. The van der Waals surface area contributed by atoms with E-state index in [1.165, 1.54) is 0 Å². The van der Waals surface area contributed by atoms with E-state index in [9.17, 15) is 14.4 Å². The SMILES string of the molecule is Cc1ccnc(-n2c(C)cc(/C=C3\SC(=O)N(CC(=O)N4CCCCC4)C3=O)c2C)c1. The molecule has 2 aromatic rings. The minimum Gasteiger partial charge on any atom is -0.341 e. The number of nitrogens with zero attached hydrogens (tertiary/aromatic N) is 4. The summed E-state index contributed by atoms with van der Waals surface area (Å²) < 4.78 is 2.03. The number of hydrogen-bond acceptors (Lipinski definition) is 5. The number of aryl methyl sites for hydroxylation is 2. The van der Waals surface area contributed by atoms with E-state index in [0.717, 1.165) is 64.3 Å². The van der Waals surface area contributed by atoms with Crippen molar-refractivity contribution in [3.05, 3.63) is 51.8 Å². The zero-order valence-corrected chi connectivity index (χ0v) is 18.9. The molecule has 4 rings (SSSR count). The Morgan fingerprint density at radius 1 is 1.13 bits per heavy atom. The molecule has 2 aromatic heterocycles. The van der Waals surface area contributed by atoms with Crippen LogP contribution in [0.5, 0.6) is 0 Å². The molecule has 0 saturated carbocycles. The normalized spacial score (nSPS) is 18.4. The van der Waals surface area contributed by atoms with Gasteiger partial charge in [-0.2, -0.15) is 0 Å². The third-order valence-electron chi connectivity index (χ3n) is 5.76. The van der Waals surface area contributed by atoms with E-state index in [1.807, 2.05) is 43.5 Å². The van der Waals surface area contributed by atoms with Crippen molar-refractivity contribution in [2.24, 2.45) is 0 Å². The number of thioether (sulfide) groups is 1. The summed E-state index contributed by atoms with van der Waals surface area (Å²) in [6.45, 7) is 7.17. The van der Waals surface area contributed by atoms with Gasteiger partial charge in [-0.25, -0.2) is 4.98 Å². The number of hydrogen-bond donors (Lipinski definition) is 0. The lowest BCUT2D eigenvalue weighted by Crippen LogP contribution is -2.44. The van der Waals surface area contributed by atoms with Crippen LogP contribution in [0.4, 0.5) is 4.79 Å². The van der Waals surface area contributed by atoms with Gasteiger partial charge >= 0.3 is 0 Å². The van der Waals surface area contributed by atoms with Gasteiger partial charge in [0.1, 0.15) is 12.4 Å². The van der Waals surface area contributed by atoms with Crippen molar-refractivity contribution in [3.63, 3.8) is 0 Å². The summed E-state index contributed by atoms with van der Waals surface area (Å²) in [7, 11) is 0. The maximum Gasteiger partial charge on any atom is 0.294 e. The van der Waals surface area contributed by atoms with Gasteiger partial charge in [0.2, 0.25) is 5.91 Å². The molecule has 2 fully saturated rings. The van der Waals surface area contributed by atoms with Crippen LogP contribution in [0, 0.1) is 20.8 Å². The molecule has 0 radical (unpaired) electrons. The minimum atomic E-state index is -0.404. The topological polar surface area (TPSA) is 75.5 Å². The molecular formula is C23H26N4O3S. The highest BCUT2D eigenvalue weighted by Gasteiger charge is 2.37. The lowest BCUT2D eigenvalue weighted by atomic mass is 10.1. The Labute approximate surface area is 186 Å². The number of likely N-dealkylation sites (tertiary alicyclic amines) is 1. The largest absolute Gasteiger partial charge is 0.341 e. The lowest BCUT2D eigenvalue weighted by molar-refractivity contribution is -0.136. The molecule has 0 bridgehead atoms. The lowest BCUT2D eigenvalue weighted by Gasteiger charge is -2.27. The van der Waals surface area contributed by atoms with Crippen molar-refractivity contribution in [3.8, 4) is 5.82 Å². The molecule has 31 heavy (non-hydrogen) atoms. The van der Waals surface area contributed by atoms with Gasteiger partial charge in [0, 0.05) is 30.7 Å². The summed E-state index contributed by atoms with van der Waals surface area (Å²) in [6.07, 6.45) is 6.57. The summed E-state index contributed by atoms with van der Waals surface area (Å²) >= 11 is 0.890. The maximum atomic E-state index is 12.9. The molecule has 8 heteroatoms. The molecule has 162 valence electrons. The van der Waals surface area contributed by atoms with Gasteiger partial charge in [-0.05, 0) is 87.2 Å². The number of piperidine rings is 1. The summed E-state index contributed by atoms with van der Waals surface area (Å²) in [5.74, 6) is 0.251. The average Bonchev–Trinajstić information content (AvgIpc) is 3.18. The van der Waals surface area contributed by atoms with Crippen molar-refractivity contribution >= 4 is 34.9 Å². The zero-order valence-electron chi connectivity index (χ0n) is 18.1. The van der Waals surface area contributed by atoms with E-state index in [2.05, 4.69) is 4.98 Å². The highest BCUT2D eigenvalue weighted by Crippen LogP contribution is 2.33. The number of carbonyl (C=O) groups is 3. The van der Waals surface area contributed by atoms with Crippen molar-refractivity contribution in [1.82, 2.24) is 19.4 Å². The molecular weight excluding hydrogens is 412 g/mol. The Bertz CT molecular complexity index is 1080. The van der Waals surface area contributed by atoms with Crippen molar-refractivity contribution in [2.75, 3.05) is 19.6 Å². The van der Waals surface area contributed by atoms with Crippen molar-refractivity contribution in [2.45, 2.75) is 40.0 Å². The van der Waals surface area contributed by atoms with E-state index >= 15 is 0 Å². The van der Waals surface area contributed by atoms with Crippen LogP contribution in [-0.4, -0.2) is 56.0 Å². The monoisotopic (exact) mass is 438 g/mol. The molecule has 2 aliphatic rings. The zero-order chi connectivity index (χ0) is 22.1. The first-order valence-electron chi connectivity index (χ1n) is 10.5. The molecule has 0 N–H and O–H groups in total. The summed E-state index contributed by atoms with van der Waals surface area (Å²) in [6, 6.07) is 5.93. The summed E-state index contributed by atoms with van der Waals surface area (Å²) in [4.78, 5) is 45.5. The van der Waals surface area contributed by atoms with E-state index in [4.69, 9.17) is 0 Å². The quantitative estimate of drug-likeness (QED) is 0.678. The van der Waals surface area contributed by atoms with Crippen LogP contribution in [0.2, 0.25) is 0 Å². The number of amides is 3. The fourth-order valence-electron chi connectivity index (χ4n) is 4.08. The molecule has 7 nitrogen and oxygen atoms in total. The van der Waals surface area contributed by atoms with Crippen molar-refractivity contribution < 1.29 is 14.4 Å². The second-order valence-corrected chi connectivity index (χ2v) is 9.06. The predicted octanol–water partition coefficient (Wildman–Crippen LogP) is 3.85. The van der Waals surface area contributed by atoms with Crippen LogP contribution in [0.15, 0.2) is 29.3 Å². The van der Waals surface area contributed by atoms with Gasteiger partial charge in [0.15, 0.2) is 0 Å². The molecule has 0 aliphatic carbocycles. The average molecular weight is 439 g/mol. The first kappa shape index (κ1) is 21.4. The fourth-order valence-corrected chi connectivity index (χ4v) is 4.91. The fraction of sp³-hybridized carbons (Fsp3) is 0.391. The van der Waals surface area contributed by atoms with Gasteiger partial charge in [-0.1, -0.05) is 0 Å². The number of rotatable bonds is 4. The van der Waals surface area contributed by atoms with Crippen LogP contribution in [-0.2, 0) is 9.59 Å². The standard InChI is InChI=1S/C23H26N4O3S/c1-15-7-8-24-20(11-15)27-16(2)12-18(17(27)3)13-19-22(29)26(23(30)31-19)14-21(28)25-9-5-4-6-10-25/h7-8,11-13H,4-6,9-10,14H2,1-3H3/b19-13-. The Kier molecular flexibility index (Phi) is 6.00. The van der Waals surface area contributed by atoms with Crippen LogP contribution in [0.3, 0.4) is 0 Å². The highest BCUT2D eigenvalue weighted by molar-refractivity contribution is 8.18. The first-order chi connectivity index (χ1) is 14.8. The van der Waals surface area contributed by atoms with Gasteiger partial charge in [-0.15, -0.1) is 0 Å². The third kappa shape index (κ3) is 4.30. The first-order valence-corrected chi connectivity index (χ1v) is 11.3. The third-order valence-corrected chi connectivity index (χ3v) is 6.67. The molecule has 0 atom stereocenters. The molecule has 0 spiro atoms. The number of imide groups is 1. The van der Waals surface area contributed by atoms with Crippen molar-refractivity contribution in [1.29, 1.82) is 0 Å². The van der Waals surface area contributed by atoms with Gasteiger partial charge in [0.25, 0.3) is 11.1 Å². The van der Waals surface area contributed by atoms with Gasteiger partial charge in [-0.3, -0.25) is 19.3 Å². The molecule has 0 unspecified atom stereocenters. The van der Waals surface area contributed by atoms with Gasteiger partial charge in [0.05, 0.1) is 4.91 Å². The van der Waals surface area contributed by atoms with E-state index in [0.29, 0.717) is 18.0 Å². The molecule has 0 aromatic carbocycles. The van der Waals surface area contributed by atoms with Gasteiger partial charge < -0.3 is 9.47 Å². The smallest absolute Gasteiger partial charge is 0.294 e. The van der Waals surface area contributed by atoms with Crippen LogP contribution >= 0.6 is 11.8 Å². The second-order valence-electron chi connectivity index (χ2n) is 8.06. The highest BCUT2D eigenvalue weighted by atomic mass is 32.2. The second kappa shape index (κ2) is 8.70. The molecule has 3 amide bonds. The Morgan fingerprint density at radius 2 is 1.87 bits per heavy atom. The summed E-state index contributed by atoms with van der Waals surface area (Å²) in [5, 5.41) is -0.393.